The molecule has 4 aromatic rings. The molecule has 0 fully saturated rings. The number of aromatic hydroxyl groups is 1. The minimum atomic E-state index is -0.122. The SMILES string of the molecule is Cc1cccc(-c2nnc(-c3ccc(C(=O)NCCCc4ccc(O)cc4)cc3)o2)c1. The largest absolute Gasteiger partial charge is 0.508 e. The fraction of sp³-hybridized carbons (Fsp3) is 0.160. The van der Waals surface area contributed by atoms with Gasteiger partial charge in [-0.05, 0) is 73.9 Å². The highest BCUT2D eigenvalue weighted by Crippen LogP contribution is 2.24. The fourth-order valence-electron chi connectivity index (χ4n) is 3.26. The van der Waals surface area contributed by atoms with Gasteiger partial charge in [-0.3, -0.25) is 4.79 Å². The zero-order valence-corrected chi connectivity index (χ0v) is 17.2. The molecule has 1 aromatic heterocycles. The maximum absolute atomic E-state index is 12.4. The molecule has 0 aliphatic heterocycles. The number of aryl methyl sites for hydroxylation is 2. The molecule has 0 atom stereocenters. The first kappa shape index (κ1) is 20.3. The summed E-state index contributed by atoms with van der Waals surface area (Å²) in [7, 11) is 0. The Morgan fingerprint density at radius 3 is 2.35 bits per heavy atom. The van der Waals surface area contributed by atoms with E-state index in [2.05, 4.69) is 15.5 Å². The summed E-state index contributed by atoms with van der Waals surface area (Å²) >= 11 is 0. The van der Waals surface area contributed by atoms with E-state index >= 15 is 0 Å². The number of hydrogen-bond acceptors (Lipinski definition) is 5. The summed E-state index contributed by atoms with van der Waals surface area (Å²) < 4.78 is 5.80. The molecule has 0 aliphatic carbocycles. The van der Waals surface area contributed by atoms with E-state index in [1.165, 1.54) is 0 Å². The summed E-state index contributed by atoms with van der Waals surface area (Å²) in [5.74, 6) is 1.02. The predicted molar refractivity (Wildman–Crippen MR) is 119 cm³/mol. The summed E-state index contributed by atoms with van der Waals surface area (Å²) in [6.07, 6.45) is 1.65. The molecule has 0 bridgehead atoms. The molecule has 1 amide bonds. The Kier molecular flexibility index (Phi) is 6.08. The van der Waals surface area contributed by atoms with E-state index in [4.69, 9.17) is 4.42 Å². The summed E-state index contributed by atoms with van der Waals surface area (Å²) in [4.78, 5) is 12.4. The molecule has 2 N–H and O–H groups in total. The van der Waals surface area contributed by atoms with E-state index in [1.807, 2.05) is 43.3 Å². The first-order valence-corrected chi connectivity index (χ1v) is 10.2. The molecule has 6 nitrogen and oxygen atoms in total. The standard InChI is InChI=1S/C25H23N3O3/c1-17-4-2-6-21(16-17)25-28-27-24(31-25)20-11-9-19(10-12-20)23(30)26-15-3-5-18-7-13-22(29)14-8-18/h2,4,6-14,16,29H,3,5,15H2,1H3,(H,26,30). The van der Waals surface area contributed by atoms with Gasteiger partial charge in [0.15, 0.2) is 0 Å². The number of amides is 1. The summed E-state index contributed by atoms with van der Waals surface area (Å²) in [5, 5.41) is 20.5. The predicted octanol–water partition coefficient (Wildman–Crippen LogP) is 4.78. The van der Waals surface area contributed by atoms with Crippen molar-refractivity contribution >= 4 is 5.91 Å². The van der Waals surface area contributed by atoms with Crippen molar-refractivity contribution in [2.24, 2.45) is 0 Å². The van der Waals surface area contributed by atoms with Crippen LogP contribution in [-0.2, 0) is 6.42 Å². The average molecular weight is 413 g/mol. The Bertz CT molecular complexity index is 1170. The van der Waals surface area contributed by atoms with Crippen molar-refractivity contribution in [1.82, 2.24) is 15.5 Å². The number of benzene rings is 3. The van der Waals surface area contributed by atoms with Crippen molar-refractivity contribution in [3.05, 3.63) is 89.5 Å². The second kappa shape index (κ2) is 9.26. The molecule has 1 heterocycles. The minimum absolute atomic E-state index is 0.122. The van der Waals surface area contributed by atoms with Crippen molar-refractivity contribution in [3.8, 4) is 28.7 Å². The molecule has 0 saturated carbocycles. The van der Waals surface area contributed by atoms with Gasteiger partial charge in [-0.25, -0.2) is 0 Å². The molecular formula is C25H23N3O3. The van der Waals surface area contributed by atoms with Gasteiger partial charge in [0.1, 0.15) is 5.75 Å². The van der Waals surface area contributed by atoms with Gasteiger partial charge in [0, 0.05) is 23.2 Å². The van der Waals surface area contributed by atoms with E-state index in [0.717, 1.165) is 35.1 Å². The lowest BCUT2D eigenvalue weighted by Crippen LogP contribution is -2.24. The molecule has 0 unspecified atom stereocenters. The number of carbonyl (C=O) groups is 1. The second-order valence-electron chi connectivity index (χ2n) is 7.39. The van der Waals surface area contributed by atoms with Crippen LogP contribution < -0.4 is 5.32 Å². The third-order valence-corrected chi connectivity index (χ3v) is 4.95. The van der Waals surface area contributed by atoms with Crippen molar-refractivity contribution in [1.29, 1.82) is 0 Å². The van der Waals surface area contributed by atoms with Gasteiger partial charge in [0.05, 0.1) is 0 Å². The highest BCUT2D eigenvalue weighted by Gasteiger charge is 2.12. The number of phenols is 1. The van der Waals surface area contributed by atoms with E-state index < -0.39 is 0 Å². The van der Waals surface area contributed by atoms with Crippen LogP contribution in [0.3, 0.4) is 0 Å². The first-order valence-electron chi connectivity index (χ1n) is 10.2. The first-order chi connectivity index (χ1) is 15.1. The Labute approximate surface area is 180 Å². The summed E-state index contributed by atoms with van der Waals surface area (Å²) in [6, 6.07) is 22.1. The molecule has 0 aliphatic rings. The smallest absolute Gasteiger partial charge is 0.251 e. The fourth-order valence-corrected chi connectivity index (χ4v) is 3.26. The van der Waals surface area contributed by atoms with Crippen LogP contribution in [0.5, 0.6) is 5.75 Å². The molecule has 156 valence electrons. The van der Waals surface area contributed by atoms with Gasteiger partial charge in [-0.2, -0.15) is 0 Å². The van der Waals surface area contributed by atoms with Crippen LogP contribution in [0.25, 0.3) is 22.9 Å². The number of carbonyl (C=O) groups excluding carboxylic acids is 1. The van der Waals surface area contributed by atoms with Crippen LogP contribution >= 0.6 is 0 Å². The molecule has 6 heteroatoms. The maximum Gasteiger partial charge on any atom is 0.251 e. The van der Waals surface area contributed by atoms with Gasteiger partial charge >= 0.3 is 0 Å². The lowest BCUT2D eigenvalue weighted by molar-refractivity contribution is 0.0953. The van der Waals surface area contributed by atoms with E-state index in [9.17, 15) is 9.90 Å². The van der Waals surface area contributed by atoms with Crippen LogP contribution in [0.2, 0.25) is 0 Å². The monoisotopic (exact) mass is 413 g/mol. The van der Waals surface area contributed by atoms with Crippen molar-refractivity contribution in [2.75, 3.05) is 6.54 Å². The number of nitrogens with zero attached hydrogens (tertiary/aromatic N) is 2. The van der Waals surface area contributed by atoms with E-state index in [0.29, 0.717) is 23.9 Å². The minimum Gasteiger partial charge on any atom is -0.508 e. The van der Waals surface area contributed by atoms with Crippen LogP contribution in [0.1, 0.15) is 27.9 Å². The maximum atomic E-state index is 12.4. The molecular weight excluding hydrogens is 390 g/mol. The van der Waals surface area contributed by atoms with Gasteiger partial charge < -0.3 is 14.8 Å². The zero-order valence-electron chi connectivity index (χ0n) is 17.2. The quantitative estimate of drug-likeness (QED) is 0.426. The molecule has 31 heavy (non-hydrogen) atoms. The number of hydrogen-bond donors (Lipinski definition) is 2. The van der Waals surface area contributed by atoms with Crippen LogP contribution in [-0.4, -0.2) is 27.8 Å². The lowest BCUT2D eigenvalue weighted by Gasteiger charge is -2.06. The molecule has 0 radical (unpaired) electrons. The van der Waals surface area contributed by atoms with Crippen LogP contribution in [0.15, 0.2) is 77.2 Å². The van der Waals surface area contributed by atoms with Gasteiger partial charge in [-0.1, -0.05) is 29.8 Å². The zero-order chi connectivity index (χ0) is 21.6. The number of rotatable bonds is 7. The van der Waals surface area contributed by atoms with Crippen molar-refractivity contribution in [3.63, 3.8) is 0 Å². The molecule has 0 spiro atoms. The Balaban J connectivity index is 1.32. The third-order valence-electron chi connectivity index (χ3n) is 4.95. The normalized spacial score (nSPS) is 10.7. The van der Waals surface area contributed by atoms with Gasteiger partial charge in [0.2, 0.25) is 11.8 Å². The summed E-state index contributed by atoms with van der Waals surface area (Å²) in [5.41, 5.74) is 4.46. The van der Waals surface area contributed by atoms with Gasteiger partial charge in [-0.15, -0.1) is 10.2 Å². The Morgan fingerprint density at radius 2 is 1.65 bits per heavy atom. The lowest BCUT2D eigenvalue weighted by atomic mass is 10.1. The number of aromatic nitrogens is 2. The van der Waals surface area contributed by atoms with E-state index in [1.54, 1.807) is 36.4 Å². The number of phenolic OH excluding ortho intramolecular Hbond substituents is 1. The average Bonchev–Trinajstić information content (AvgIpc) is 3.28. The van der Waals surface area contributed by atoms with Crippen molar-refractivity contribution < 1.29 is 14.3 Å². The molecule has 4 rings (SSSR count). The van der Waals surface area contributed by atoms with Crippen LogP contribution in [0.4, 0.5) is 0 Å². The third kappa shape index (κ3) is 5.17. The highest BCUT2D eigenvalue weighted by atomic mass is 16.4. The molecule has 0 saturated heterocycles. The Morgan fingerprint density at radius 1 is 0.935 bits per heavy atom. The van der Waals surface area contributed by atoms with E-state index in [-0.39, 0.29) is 11.7 Å². The topological polar surface area (TPSA) is 88.2 Å². The van der Waals surface area contributed by atoms with Crippen molar-refractivity contribution in [2.45, 2.75) is 19.8 Å². The van der Waals surface area contributed by atoms with Gasteiger partial charge in [0.25, 0.3) is 5.91 Å². The highest BCUT2D eigenvalue weighted by molar-refractivity contribution is 5.94. The Hall–Kier alpha value is -3.93. The number of nitrogens with one attached hydrogen (secondary N) is 1. The van der Waals surface area contributed by atoms with Crippen LogP contribution in [0, 0.1) is 6.92 Å². The summed E-state index contributed by atoms with van der Waals surface area (Å²) in [6.45, 7) is 2.59. The molecule has 3 aromatic carbocycles. The second-order valence-corrected chi connectivity index (χ2v) is 7.39.